The lowest BCUT2D eigenvalue weighted by molar-refractivity contribution is -0.130. The molecule has 0 fully saturated rings. The van der Waals surface area contributed by atoms with Gasteiger partial charge < -0.3 is 31.3 Å². The average molecular weight is 443 g/mol. The third-order valence-electron chi connectivity index (χ3n) is 4.55. The van der Waals surface area contributed by atoms with Crippen LogP contribution in [0.15, 0.2) is 54.6 Å². The van der Waals surface area contributed by atoms with E-state index < -0.39 is 42.1 Å². The third-order valence-corrected chi connectivity index (χ3v) is 4.55. The van der Waals surface area contributed by atoms with Crippen molar-refractivity contribution in [2.75, 3.05) is 0 Å². The molecule has 0 aliphatic carbocycles. The summed E-state index contributed by atoms with van der Waals surface area (Å²) < 4.78 is 5.06. The molecule has 3 amide bonds. The highest BCUT2D eigenvalue weighted by Crippen LogP contribution is 2.08. The molecule has 32 heavy (non-hydrogen) atoms. The van der Waals surface area contributed by atoms with Gasteiger partial charge in [0.25, 0.3) is 0 Å². The van der Waals surface area contributed by atoms with E-state index in [0.29, 0.717) is 5.56 Å². The van der Waals surface area contributed by atoms with Crippen LogP contribution >= 0.6 is 0 Å². The molecule has 0 bridgehead atoms. The fourth-order valence-corrected chi connectivity index (χ4v) is 2.80. The summed E-state index contributed by atoms with van der Waals surface area (Å²) in [5.41, 5.74) is 6.75. The molecule has 3 atom stereocenters. The molecular formula is C22H25N3O7. The Morgan fingerprint density at radius 2 is 1.59 bits per heavy atom. The minimum Gasteiger partial charge on any atom is -0.478 e. The van der Waals surface area contributed by atoms with Gasteiger partial charge in [-0.1, -0.05) is 42.5 Å². The molecule has 0 saturated heterocycles. The van der Waals surface area contributed by atoms with Crippen LogP contribution in [0.4, 0.5) is 4.79 Å². The molecule has 6 N–H and O–H groups in total. The van der Waals surface area contributed by atoms with Gasteiger partial charge in [0, 0.05) is 6.42 Å². The third kappa shape index (κ3) is 7.40. The highest BCUT2D eigenvalue weighted by atomic mass is 16.5. The topological polar surface area (TPSA) is 168 Å². The second-order valence-electron chi connectivity index (χ2n) is 7.09. The van der Waals surface area contributed by atoms with Crippen LogP contribution in [0.3, 0.4) is 0 Å². The molecule has 0 heterocycles. The molecule has 0 unspecified atom stereocenters. The Hall–Kier alpha value is -3.92. The normalized spacial score (nSPS) is 13.3. The van der Waals surface area contributed by atoms with E-state index in [4.69, 9.17) is 15.6 Å². The first-order valence-electron chi connectivity index (χ1n) is 9.74. The number of ether oxygens (including phenoxy) is 1. The molecule has 2 rings (SSSR count). The van der Waals surface area contributed by atoms with Crippen LogP contribution in [0, 0.1) is 0 Å². The molecule has 2 aromatic rings. The first kappa shape index (κ1) is 24.4. The summed E-state index contributed by atoms with van der Waals surface area (Å²) in [6.45, 7) is 1.27. The minimum absolute atomic E-state index is 0.00798. The van der Waals surface area contributed by atoms with Gasteiger partial charge in [0.05, 0.1) is 11.7 Å². The van der Waals surface area contributed by atoms with E-state index in [1.165, 1.54) is 31.2 Å². The predicted molar refractivity (Wildman–Crippen MR) is 113 cm³/mol. The van der Waals surface area contributed by atoms with Crippen molar-refractivity contribution in [3.05, 3.63) is 71.3 Å². The van der Waals surface area contributed by atoms with Gasteiger partial charge in [-0.2, -0.15) is 0 Å². The van der Waals surface area contributed by atoms with Gasteiger partial charge in [0.2, 0.25) is 11.8 Å². The van der Waals surface area contributed by atoms with Crippen LogP contribution in [0.5, 0.6) is 0 Å². The molecule has 0 spiro atoms. The summed E-state index contributed by atoms with van der Waals surface area (Å²) in [6, 6.07) is 12.1. The summed E-state index contributed by atoms with van der Waals surface area (Å²) in [5, 5.41) is 23.6. The van der Waals surface area contributed by atoms with Gasteiger partial charge in [-0.05, 0) is 30.2 Å². The number of nitrogens with one attached hydrogen (secondary N) is 2. The van der Waals surface area contributed by atoms with E-state index in [1.54, 1.807) is 24.3 Å². The van der Waals surface area contributed by atoms with Gasteiger partial charge in [-0.25, -0.2) is 9.59 Å². The van der Waals surface area contributed by atoms with Gasteiger partial charge >= 0.3 is 12.1 Å². The molecule has 0 radical (unpaired) electrons. The molecule has 0 aliphatic rings. The van der Waals surface area contributed by atoms with E-state index in [2.05, 4.69) is 10.6 Å². The largest absolute Gasteiger partial charge is 0.478 e. The maximum atomic E-state index is 12.6. The van der Waals surface area contributed by atoms with Gasteiger partial charge in [0.15, 0.2) is 0 Å². The molecule has 10 heteroatoms. The number of benzene rings is 2. The van der Waals surface area contributed by atoms with Crippen molar-refractivity contribution in [1.82, 2.24) is 10.6 Å². The number of hydrogen-bond donors (Lipinski definition) is 5. The van der Waals surface area contributed by atoms with E-state index in [1.807, 2.05) is 6.07 Å². The summed E-state index contributed by atoms with van der Waals surface area (Å²) >= 11 is 0. The number of nitrogens with two attached hydrogens (primary N) is 1. The number of amides is 3. The fraction of sp³-hybridized carbons (Fsp3) is 0.273. The zero-order chi connectivity index (χ0) is 23.7. The zero-order valence-corrected chi connectivity index (χ0v) is 17.4. The number of primary amides is 1. The van der Waals surface area contributed by atoms with Crippen LogP contribution < -0.4 is 16.4 Å². The zero-order valence-electron chi connectivity index (χ0n) is 17.4. The SMILES string of the molecule is C[C@@H](O)[C@H](NC(=O)OCc1ccccc1)C(=O)N[C@@H](Cc1ccc(C(=O)O)cc1)C(N)=O. The van der Waals surface area contributed by atoms with Crippen LogP contribution in [0.1, 0.15) is 28.4 Å². The second-order valence-corrected chi connectivity index (χ2v) is 7.09. The smallest absolute Gasteiger partial charge is 0.408 e. The molecule has 10 nitrogen and oxygen atoms in total. The van der Waals surface area contributed by atoms with Crippen LogP contribution in [-0.2, 0) is 27.4 Å². The number of aliphatic hydroxyl groups is 1. The summed E-state index contributed by atoms with van der Waals surface area (Å²) in [7, 11) is 0. The number of alkyl carbamates (subject to hydrolysis) is 1. The lowest BCUT2D eigenvalue weighted by Crippen LogP contribution is -2.57. The van der Waals surface area contributed by atoms with Crippen molar-refractivity contribution in [2.24, 2.45) is 5.73 Å². The quantitative estimate of drug-likeness (QED) is 0.358. The van der Waals surface area contributed by atoms with Crippen molar-refractivity contribution >= 4 is 23.9 Å². The van der Waals surface area contributed by atoms with Crippen molar-refractivity contribution in [1.29, 1.82) is 0 Å². The molecule has 170 valence electrons. The van der Waals surface area contributed by atoms with E-state index >= 15 is 0 Å². The monoisotopic (exact) mass is 443 g/mol. The number of rotatable bonds is 10. The number of carbonyl (C=O) groups is 4. The Balaban J connectivity index is 1.99. The molecule has 0 aliphatic heterocycles. The van der Waals surface area contributed by atoms with Crippen molar-refractivity contribution < 1.29 is 34.1 Å². The Kier molecular flexibility index (Phi) is 8.72. The lowest BCUT2D eigenvalue weighted by atomic mass is 10.0. The Bertz CT molecular complexity index is 946. The van der Waals surface area contributed by atoms with E-state index in [-0.39, 0.29) is 18.6 Å². The number of carboxylic acids is 1. The summed E-state index contributed by atoms with van der Waals surface area (Å²) in [5.74, 6) is -2.76. The average Bonchev–Trinajstić information content (AvgIpc) is 2.76. The highest BCUT2D eigenvalue weighted by molar-refractivity contribution is 5.91. The summed E-state index contributed by atoms with van der Waals surface area (Å²) in [6.07, 6.45) is -2.22. The predicted octanol–water partition coefficient (Wildman–Crippen LogP) is 0.573. The van der Waals surface area contributed by atoms with Crippen LogP contribution in [-0.4, -0.2) is 52.3 Å². The van der Waals surface area contributed by atoms with Gasteiger partial charge in [-0.15, -0.1) is 0 Å². The lowest BCUT2D eigenvalue weighted by Gasteiger charge is -2.23. The maximum Gasteiger partial charge on any atom is 0.408 e. The maximum absolute atomic E-state index is 12.6. The minimum atomic E-state index is -1.39. The van der Waals surface area contributed by atoms with Crippen LogP contribution in [0.25, 0.3) is 0 Å². The second kappa shape index (κ2) is 11.5. The fourth-order valence-electron chi connectivity index (χ4n) is 2.80. The Morgan fingerprint density at radius 3 is 2.12 bits per heavy atom. The van der Waals surface area contributed by atoms with Gasteiger partial charge in [-0.3, -0.25) is 9.59 Å². The van der Waals surface area contributed by atoms with Crippen molar-refractivity contribution in [2.45, 2.75) is 38.1 Å². The van der Waals surface area contributed by atoms with Crippen molar-refractivity contribution in [3.63, 3.8) is 0 Å². The number of aromatic carboxylic acids is 1. The Labute approximate surface area is 184 Å². The molecule has 2 aromatic carbocycles. The first-order chi connectivity index (χ1) is 15.2. The number of aliphatic hydroxyl groups excluding tert-OH is 1. The van der Waals surface area contributed by atoms with E-state index in [9.17, 15) is 24.3 Å². The highest BCUT2D eigenvalue weighted by Gasteiger charge is 2.29. The van der Waals surface area contributed by atoms with E-state index in [0.717, 1.165) is 5.56 Å². The number of hydrogen-bond acceptors (Lipinski definition) is 6. The standard InChI is InChI=1S/C22H25N3O7/c1-13(26)18(25-22(31)32-12-15-5-3-2-4-6-15)20(28)24-17(19(23)27)11-14-7-9-16(10-8-14)21(29)30/h2-10,13,17-18,26H,11-12H2,1H3,(H2,23,27)(H,24,28)(H,25,31)(H,29,30)/t13-,17+,18+/m1/s1. The van der Waals surface area contributed by atoms with Crippen molar-refractivity contribution in [3.8, 4) is 0 Å². The Morgan fingerprint density at radius 1 is 0.969 bits per heavy atom. The molecule has 0 saturated carbocycles. The van der Waals surface area contributed by atoms with Crippen LogP contribution in [0.2, 0.25) is 0 Å². The van der Waals surface area contributed by atoms with Gasteiger partial charge in [0.1, 0.15) is 18.7 Å². The molecular weight excluding hydrogens is 418 g/mol. The first-order valence-corrected chi connectivity index (χ1v) is 9.74. The molecule has 0 aromatic heterocycles. The summed E-state index contributed by atoms with van der Waals surface area (Å²) in [4.78, 5) is 47.5. The number of carbonyl (C=O) groups excluding carboxylic acids is 3. The number of carboxylic acid groups (broad SMARTS) is 1.